The number of nitrogens with two attached hydrogens (primary N) is 1. The van der Waals surface area contributed by atoms with Gasteiger partial charge in [-0.1, -0.05) is 6.07 Å². The molecule has 0 radical (unpaired) electrons. The number of aromatic amines is 2. The highest BCUT2D eigenvalue weighted by molar-refractivity contribution is 5.94. The monoisotopic (exact) mass is 420 g/mol. The van der Waals surface area contributed by atoms with E-state index in [9.17, 15) is 22.8 Å². The summed E-state index contributed by atoms with van der Waals surface area (Å²) in [5.74, 6) is -1.06. The van der Waals surface area contributed by atoms with Crippen molar-refractivity contribution >= 4 is 11.8 Å². The molecule has 0 aliphatic rings. The number of alkyl halides is 3. The molecular formula is C19H19F3N6O2. The van der Waals surface area contributed by atoms with Crippen molar-refractivity contribution in [3.8, 4) is 0 Å². The van der Waals surface area contributed by atoms with Crippen LogP contribution in [0.3, 0.4) is 0 Å². The molecule has 0 saturated heterocycles. The van der Waals surface area contributed by atoms with E-state index < -0.39 is 23.8 Å². The van der Waals surface area contributed by atoms with E-state index in [0.717, 1.165) is 11.6 Å². The van der Waals surface area contributed by atoms with Crippen molar-refractivity contribution < 1.29 is 22.8 Å². The summed E-state index contributed by atoms with van der Waals surface area (Å²) in [6, 6.07) is 3.27. The largest absolute Gasteiger partial charge is 0.433 e. The summed E-state index contributed by atoms with van der Waals surface area (Å²) in [7, 11) is 0. The molecule has 0 bridgehead atoms. The fraction of sp³-hybridized carbons (Fsp3) is 0.263. The molecule has 3 aromatic rings. The first-order valence-corrected chi connectivity index (χ1v) is 8.91. The number of hydrogen-bond donors (Lipinski definition) is 4. The first-order valence-electron chi connectivity index (χ1n) is 8.91. The average molecular weight is 420 g/mol. The van der Waals surface area contributed by atoms with Crippen LogP contribution in [-0.2, 0) is 12.6 Å². The van der Waals surface area contributed by atoms with E-state index in [4.69, 9.17) is 5.73 Å². The fourth-order valence-electron chi connectivity index (χ4n) is 2.90. The van der Waals surface area contributed by atoms with Gasteiger partial charge >= 0.3 is 6.18 Å². The van der Waals surface area contributed by atoms with E-state index in [2.05, 4.69) is 25.5 Å². The van der Waals surface area contributed by atoms with Crippen LogP contribution < -0.4 is 11.1 Å². The molecular weight excluding hydrogens is 401 g/mol. The molecule has 0 fully saturated rings. The number of pyridine rings is 1. The summed E-state index contributed by atoms with van der Waals surface area (Å²) < 4.78 is 37.9. The van der Waals surface area contributed by atoms with Gasteiger partial charge in [-0.2, -0.15) is 18.3 Å². The second-order valence-electron chi connectivity index (χ2n) is 6.81. The Morgan fingerprint density at radius 2 is 2.03 bits per heavy atom. The molecule has 5 N–H and O–H groups in total. The van der Waals surface area contributed by atoms with Crippen LogP contribution in [0.15, 0.2) is 30.6 Å². The number of nitrogens with one attached hydrogen (secondary N) is 3. The van der Waals surface area contributed by atoms with Crippen molar-refractivity contribution in [2.45, 2.75) is 32.5 Å². The van der Waals surface area contributed by atoms with Crippen molar-refractivity contribution in [2.24, 2.45) is 5.73 Å². The Labute approximate surface area is 169 Å². The number of rotatable bonds is 6. The van der Waals surface area contributed by atoms with Crippen molar-refractivity contribution in [1.82, 2.24) is 25.5 Å². The van der Waals surface area contributed by atoms with E-state index in [1.807, 2.05) is 0 Å². The highest BCUT2D eigenvalue weighted by atomic mass is 19.4. The van der Waals surface area contributed by atoms with Gasteiger partial charge in [0.15, 0.2) is 0 Å². The smallest absolute Gasteiger partial charge is 0.364 e. The van der Waals surface area contributed by atoms with Gasteiger partial charge in [-0.25, -0.2) is 0 Å². The molecule has 0 aliphatic carbocycles. The summed E-state index contributed by atoms with van der Waals surface area (Å²) in [5.41, 5.74) is 7.12. The van der Waals surface area contributed by atoms with Crippen LogP contribution in [0, 0.1) is 6.92 Å². The van der Waals surface area contributed by atoms with Crippen LogP contribution in [0.4, 0.5) is 13.2 Å². The fourth-order valence-corrected chi connectivity index (χ4v) is 2.90. The Hall–Kier alpha value is -3.63. The highest BCUT2D eigenvalue weighted by Gasteiger charge is 2.32. The van der Waals surface area contributed by atoms with Crippen LogP contribution in [0.5, 0.6) is 0 Å². The molecule has 0 aliphatic heterocycles. The molecule has 0 aromatic carbocycles. The summed E-state index contributed by atoms with van der Waals surface area (Å²) in [6.45, 7) is 3.45. The van der Waals surface area contributed by atoms with Gasteiger partial charge in [-0.3, -0.25) is 19.7 Å². The first-order chi connectivity index (χ1) is 14.1. The molecule has 0 spiro atoms. The number of amides is 2. The molecule has 2 amide bonds. The maximum Gasteiger partial charge on any atom is 0.433 e. The topological polar surface area (TPSA) is 130 Å². The molecule has 11 heteroatoms. The molecule has 0 unspecified atom stereocenters. The van der Waals surface area contributed by atoms with E-state index in [1.54, 1.807) is 20.0 Å². The highest BCUT2D eigenvalue weighted by Crippen LogP contribution is 2.27. The Bertz CT molecular complexity index is 1070. The molecule has 3 heterocycles. The number of primary amides is 1. The van der Waals surface area contributed by atoms with E-state index >= 15 is 0 Å². The lowest BCUT2D eigenvalue weighted by atomic mass is 10.0. The summed E-state index contributed by atoms with van der Waals surface area (Å²) >= 11 is 0. The minimum absolute atomic E-state index is 0.0644. The number of carbonyl (C=O) groups is 2. The van der Waals surface area contributed by atoms with Gasteiger partial charge in [0.2, 0.25) is 0 Å². The minimum atomic E-state index is -4.49. The molecule has 1 atom stereocenters. The van der Waals surface area contributed by atoms with Gasteiger partial charge in [0.25, 0.3) is 11.8 Å². The zero-order chi connectivity index (χ0) is 22.1. The second-order valence-corrected chi connectivity index (χ2v) is 6.81. The number of halogens is 3. The maximum absolute atomic E-state index is 12.6. The van der Waals surface area contributed by atoms with Gasteiger partial charge in [-0.15, -0.1) is 0 Å². The Kier molecular flexibility index (Phi) is 5.63. The molecule has 158 valence electrons. The number of H-pyrrole nitrogens is 2. The van der Waals surface area contributed by atoms with Crippen molar-refractivity contribution in [3.63, 3.8) is 0 Å². The SMILES string of the molecule is Cc1c(Cc2ccc(C(F)(F)F)nc2)c[nH]c1C(=O)N[C@H](C)c1cc(C(N)=O)n[nH]1. The second kappa shape index (κ2) is 8.01. The van der Waals surface area contributed by atoms with Gasteiger partial charge in [0.05, 0.1) is 11.7 Å². The molecule has 30 heavy (non-hydrogen) atoms. The number of nitrogens with zero attached hydrogens (tertiary/aromatic N) is 2. The van der Waals surface area contributed by atoms with Crippen LogP contribution in [0.25, 0.3) is 0 Å². The van der Waals surface area contributed by atoms with Gasteiger partial charge in [0, 0.05) is 18.8 Å². The van der Waals surface area contributed by atoms with E-state index in [-0.39, 0.29) is 11.6 Å². The van der Waals surface area contributed by atoms with E-state index in [0.29, 0.717) is 28.9 Å². The van der Waals surface area contributed by atoms with Gasteiger partial charge < -0.3 is 16.0 Å². The molecule has 3 rings (SSSR count). The molecule has 0 saturated carbocycles. The molecule has 8 nitrogen and oxygen atoms in total. The zero-order valence-corrected chi connectivity index (χ0v) is 16.1. The number of carbonyl (C=O) groups excluding carboxylic acids is 2. The predicted molar refractivity (Wildman–Crippen MR) is 101 cm³/mol. The third-order valence-electron chi connectivity index (χ3n) is 4.65. The Morgan fingerprint density at radius 1 is 1.30 bits per heavy atom. The van der Waals surface area contributed by atoms with Crippen molar-refractivity contribution in [1.29, 1.82) is 0 Å². The minimum Gasteiger partial charge on any atom is -0.364 e. The van der Waals surface area contributed by atoms with Gasteiger partial charge in [0.1, 0.15) is 17.1 Å². The lowest BCUT2D eigenvalue weighted by molar-refractivity contribution is -0.141. The van der Waals surface area contributed by atoms with Crippen molar-refractivity contribution in [3.05, 3.63) is 70.1 Å². The summed E-state index contributed by atoms with van der Waals surface area (Å²) in [5, 5.41) is 9.20. The van der Waals surface area contributed by atoms with E-state index in [1.165, 1.54) is 18.3 Å². The third-order valence-corrected chi connectivity index (χ3v) is 4.65. The third kappa shape index (κ3) is 4.50. The standard InChI is InChI=1S/C19H19F3N6O2/c1-9-12(5-11-3-4-15(24-7-11)19(20,21)22)8-25-16(9)18(30)26-10(2)13-6-14(17(23)29)28-27-13/h3-4,6-8,10,25H,5H2,1-2H3,(H2,23,29)(H,26,30)(H,27,28)/t10-/m1/s1. The first kappa shape index (κ1) is 21.1. The number of aromatic nitrogens is 4. The average Bonchev–Trinajstić information content (AvgIpc) is 3.29. The van der Waals surface area contributed by atoms with Crippen LogP contribution in [-0.4, -0.2) is 32.0 Å². The van der Waals surface area contributed by atoms with Gasteiger partial charge in [-0.05, 0) is 42.7 Å². The Balaban J connectivity index is 1.69. The quantitative estimate of drug-likeness (QED) is 0.488. The normalized spacial score (nSPS) is 12.6. The van der Waals surface area contributed by atoms with Crippen LogP contribution in [0.1, 0.15) is 62.0 Å². The van der Waals surface area contributed by atoms with Crippen LogP contribution >= 0.6 is 0 Å². The molecule has 3 aromatic heterocycles. The lowest BCUT2D eigenvalue weighted by Gasteiger charge is -2.12. The zero-order valence-electron chi connectivity index (χ0n) is 16.1. The van der Waals surface area contributed by atoms with Crippen LogP contribution in [0.2, 0.25) is 0 Å². The number of hydrogen-bond acceptors (Lipinski definition) is 4. The van der Waals surface area contributed by atoms with Crippen molar-refractivity contribution in [2.75, 3.05) is 0 Å². The lowest BCUT2D eigenvalue weighted by Crippen LogP contribution is -2.27. The Morgan fingerprint density at radius 3 is 2.60 bits per heavy atom. The maximum atomic E-state index is 12.6. The summed E-state index contributed by atoms with van der Waals surface area (Å²) in [4.78, 5) is 30.1. The summed E-state index contributed by atoms with van der Waals surface area (Å²) in [6.07, 6.45) is -1.37. The predicted octanol–water partition coefficient (Wildman–Crippen LogP) is 2.64.